The van der Waals surface area contributed by atoms with Crippen LogP contribution in [0.1, 0.15) is 25.5 Å². The average molecular weight is 152 g/mol. The quantitative estimate of drug-likeness (QED) is 0.392. The van der Waals surface area contributed by atoms with Gasteiger partial charge in [0.05, 0.1) is 6.21 Å². The summed E-state index contributed by atoms with van der Waals surface area (Å²) in [6, 6.07) is 2.36. The van der Waals surface area contributed by atoms with Gasteiger partial charge in [-0.3, -0.25) is 0 Å². The van der Waals surface area contributed by atoms with Crippen LogP contribution in [0.5, 0.6) is 0 Å². The van der Waals surface area contributed by atoms with Crippen molar-refractivity contribution in [2.45, 2.75) is 19.9 Å². The highest BCUT2D eigenvalue weighted by molar-refractivity contribution is 5.78. The molecule has 0 aliphatic heterocycles. The molecule has 3 heteroatoms. The Kier molecular flexibility index (Phi) is 2.31. The summed E-state index contributed by atoms with van der Waals surface area (Å²) in [5.74, 6) is 0. The van der Waals surface area contributed by atoms with Crippen LogP contribution >= 0.6 is 0 Å². The van der Waals surface area contributed by atoms with Gasteiger partial charge in [0.1, 0.15) is 0 Å². The normalized spacial score (nSPS) is 11.5. The summed E-state index contributed by atoms with van der Waals surface area (Å²) in [6.45, 7) is 4.19. The second kappa shape index (κ2) is 3.23. The zero-order valence-corrected chi connectivity index (χ0v) is 6.73. The number of hydrogen-bond donors (Lipinski definition) is 1. The molecule has 0 atom stereocenters. The van der Waals surface area contributed by atoms with Crippen LogP contribution in [0.15, 0.2) is 23.6 Å². The van der Waals surface area contributed by atoms with E-state index in [1.807, 2.05) is 18.5 Å². The van der Waals surface area contributed by atoms with E-state index in [1.165, 1.54) is 6.21 Å². The van der Waals surface area contributed by atoms with Gasteiger partial charge in [0.2, 0.25) is 0 Å². The van der Waals surface area contributed by atoms with Crippen LogP contribution in [0.25, 0.3) is 0 Å². The van der Waals surface area contributed by atoms with E-state index in [-0.39, 0.29) is 0 Å². The van der Waals surface area contributed by atoms with Crippen molar-refractivity contribution in [2.75, 3.05) is 0 Å². The summed E-state index contributed by atoms with van der Waals surface area (Å²) in [5.41, 5.74) is 0.918. The zero-order chi connectivity index (χ0) is 8.27. The van der Waals surface area contributed by atoms with Crippen molar-refractivity contribution in [3.05, 3.63) is 24.0 Å². The van der Waals surface area contributed by atoms with Crippen LogP contribution in [0.3, 0.4) is 0 Å². The van der Waals surface area contributed by atoms with Gasteiger partial charge in [-0.15, -0.1) is 0 Å². The molecule has 1 N–H and O–H groups in total. The molecule has 0 saturated heterocycles. The number of hydrogen-bond acceptors (Lipinski definition) is 2. The Hall–Kier alpha value is -1.25. The molecule has 1 rings (SSSR count). The molecule has 1 aromatic heterocycles. The first-order valence-corrected chi connectivity index (χ1v) is 3.59. The Labute approximate surface area is 66.0 Å². The van der Waals surface area contributed by atoms with Crippen molar-refractivity contribution in [2.24, 2.45) is 5.16 Å². The number of oxime groups is 1. The molecule has 3 nitrogen and oxygen atoms in total. The monoisotopic (exact) mass is 152 g/mol. The number of aromatic nitrogens is 1. The molecule has 11 heavy (non-hydrogen) atoms. The molecule has 60 valence electrons. The molecule has 0 unspecified atom stereocenters. The fraction of sp³-hybridized carbons (Fsp3) is 0.375. The molecule has 1 aromatic rings. The van der Waals surface area contributed by atoms with Gasteiger partial charge < -0.3 is 9.77 Å². The van der Waals surface area contributed by atoms with Crippen molar-refractivity contribution in [1.29, 1.82) is 0 Å². The first kappa shape index (κ1) is 7.85. The third-order valence-electron chi connectivity index (χ3n) is 1.54. The van der Waals surface area contributed by atoms with Crippen molar-refractivity contribution >= 4 is 6.21 Å². The summed E-state index contributed by atoms with van der Waals surface area (Å²) in [4.78, 5) is 0. The van der Waals surface area contributed by atoms with Crippen LogP contribution in [-0.4, -0.2) is 16.0 Å². The molecule has 0 bridgehead atoms. The molecule has 0 amide bonds. The lowest BCUT2D eigenvalue weighted by Crippen LogP contribution is -1.95. The molecular weight excluding hydrogens is 140 g/mol. The van der Waals surface area contributed by atoms with Crippen LogP contribution < -0.4 is 0 Å². The van der Waals surface area contributed by atoms with Crippen molar-refractivity contribution in [3.63, 3.8) is 0 Å². The second-order valence-corrected chi connectivity index (χ2v) is 2.73. The highest BCUT2D eigenvalue weighted by Gasteiger charge is 1.96. The Morgan fingerprint density at radius 3 is 2.82 bits per heavy atom. The van der Waals surface area contributed by atoms with E-state index in [4.69, 9.17) is 5.21 Å². The Morgan fingerprint density at radius 2 is 2.36 bits per heavy atom. The molecular formula is C8H12N2O. The number of nitrogens with zero attached hydrogens (tertiary/aromatic N) is 2. The largest absolute Gasteiger partial charge is 0.411 e. The van der Waals surface area contributed by atoms with Gasteiger partial charge in [-0.2, -0.15) is 0 Å². The van der Waals surface area contributed by atoms with Crippen molar-refractivity contribution < 1.29 is 5.21 Å². The summed E-state index contributed by atoms with van der Waals surface area (Å²) in [7, 11) is 0. The smallest absolute Gasteiger partial charge is 0.0749 e. The third kappa shape index (κ3) is 1.83. The standard InChI is InChI=1S/C8H12N2O/c1-7(2)10-4-3-8(6-10)5-9-11/h3-7,11H,1-2H3. The molecule has 0 saturated carbocycles. The highest BCUT2D eigenvalue weighted by Crippen LogP contribution is 2.06. The van der Waals surface area contributed by atoms with Gasteiger partial charge in [-0.25, -0.2) is 0 Å². The van der Waals surface area contributed by atoms with Crippen molar-refractivity contribution in [3.8, 4) is 0 Å². The fourth-order valence-corrected chi connectivity index (χ4v) is 0.895. The van der Waals surface area contributed by atoms with Crippen LogP contribution in [0.4, 0.5) is 0 Å². The maximum atomic E-state index is 8.23. The van der Waals surface area contributed by atoms with Gasteiger partial charge >= 0.3 is 0 Å². The maximum Gasteiger partial charge on any atom is 0.0749 e. The number of rotatable bonds is 2. The van der Waals surface area contributed by atoms with E-state index in [1.54, 1.807) is 0 Å². The molecule has 0 aromatic carbocycles. The topological polar surface area (TPSA) is 37.5 Å². The van der Waals surface area contributed by atoms with Crippen LogP contribution in [-0.2, 0) is 0 Å². The Bertz CT molecular complexity index is 250. The van der Waals surface area contributed by atoms with Crippen LogP contribution in [0, 0.1) is 0 Å². The summed E-state index contributed by atoms with van der Waals surface area (Å²) in [5, 5.41) is 11.2. The van der Waals surface area contributed by atoms with E-state index in [2.05, 4.69) is 23.6 Å². The van der Waals surface area contributed by atoms with E-state index in [0.29, 0.717) is 6.04 Å². The maximum absolute atomic E-state index is 8.23. The van der Waals surface area contributed by atoms with Gasteiger partial charge in [0.15, 0.2) is 0 Å². The predicted molar refractivity (Wildman–Crippen MR) is 44.2 cm³/mol. The summed E-state index contributed by atoms with van der Waals surface area (Å²) < 4.78 is 2.05. The molecule has 0 spiro atoms. The lowest BCUT2D eigenvalue weighted by Gasteiger charge is -2.04. The van der Waals surface area contributed by atoms with Gasteiger partial charge in [-0.1, -0.05) is 5.16 Å². The molecule has 1 heterocycles. The molecule has 0 aliphatic rings. The summed E-state index contributed by atoms with van der Waals surface area (Å²) in [6.07, 6.45) is 5.31. The minimum absolute atomic E-state index is 0.454. The second-order valence-electron chi connectivity index (χ2n) is 2.73. The zero-order valence-electron chi connectivity index (χ0n) is 6.73. The van der Waals surface area contributed by atoms with Gasteiger partial charge in [0.25, 0.3) is 0 Å². The van der Waals surface area contributed by atoms with Crippen molar-refractivity contribution in [1.82, 2.24) is 4.57 Å². The molecule has 0 fully saturated rings. The van der Waals surface area contributed by atoms with E-state index in [9.17, 15) is 0 Å². The molecule has 0 radical (unpaired) electrons. The Morgan fingerprint density at radius 1 is 1.64 bits per heavy atom. The Balaban J connectivity index is 2.81. The van der Waals surface area contributed by atoms with E-state index < -0.39 is 0 Å². The van der Waals surface area contributed by atoms with Gasteiger partial charge in [-0.05, 0) is 19.9 Å². The average Bonchev–Trinajstić information content (AvgIpc) is 2.37. The lowest BCUT2D eigenvalue weighted by atomic mass is 10.4. The predicted octanol–water partition coefficient (Wildman–Crippen LogP) is 1.88. The third-order valence-corrected chi connectivity index (χ3v) is 1.54. The first-order chi connectivity index (χ1) is 5.24. The van der Waals surface area contributed by atoms with E-state index >= 15 is 0 Å². The fourth-order valence-electron chi connectivity index (χ4n) is 0.895. The summed E-state index contributed by atoms with van der Waals surface area (Å²) >= 11 is 0. The minimum atomic E-state index is 0.454. The van der Waals surface area contributed by atoms with Gasteiger partial charge in [0, 0.05) is 24.0 Å². The first-order valence-electron chi connectivity index (χ1n) is 3.59. The van der Waals surface area contributed by atoms with Crippen LogP contribution in [0.2, 0.25) is 0 Å². The van der Waals surface area contributed by atoms with E-state index in [0.717, 1.165) is 5.56 Å². The minimum Gasteiger partial charge on any atom is -0.411 e. The lowest BCUT2D eigenvalue weighted by molar-refractivity contribution is 0.322. The molecule has 0 aliphatic carbocycles. The highest BCUT2D eigenvalue weighted by atomic mass is 16.4. The SMILES string of the molecule is CC(C)n1ccc(C=NO)c1.